The lowest BCUT2D eigenvalue weighted by atomic mass is 9.67. The number of aryl methyl sites for hydroxylation is 1. The van der Waals surface area contributed by atoms with E-state index in [0.717, 1.165) is 28.4 Å². The summed E-state index contributed by atoms with van der Waals surface area (Å²) in [7, 11) is 0. The van der Waals surface area contributed by atoms with Crippen molar-refractivity contribution in [3.63, 3.8) is 0 Å². The largest absolute Gasteiger partial charge is 0.470 e. The lowest BCUT2D eigenvalue weighted by Crippen LogP contribution is -2.25. The van der Waals surface area contributed by atoms with Gasteiger partial charge in [0.15, 0.2) is 11.5 Å². The van der Waals surface area contributed by atoms with Gasteiger partial charge in [0.25, 0.3) is 0 Å². The molecule has 7 rings (SSSR count). The summed E-state index contributed by atoms with van der Waals surface area (Å²) in [6, 6.07) is 16.1. The highest BCUT2D eigenvalue weighted by Gasteiger charge is 2.39. The van der Waals surface area contributed by atoms with E-state index < -0.39 is 0 Å². The molecular formula is C24H24ClN5O. The quantitative estimate of drug-likeness (QED) is 0.439. The third-order valence-electron chi connectivity index (χ3n) is 6.47. The van der Waals surface area contributed by atoms with E-state index in [-0.39, 0.29) is 12.4 Å². The highest BCUT2D eigenvalue weighted by atomic mass is 35.5. The molecule has 0 amide bonds. The molecule has 31 heavy (non-hydrogen) atoms. The average molecular weight is 434 g/mol. The number of nitrogens with zero attached hydrogens (tertiary/aromatic N) is 5. The first-order chi connectivity index (χ1) is 14.8. The zero-order valence-electron chi connectivity index (χ0n) is 17.4. The second-order valence-electron chi connectivity index (χ2n) is 8.37. The Morgan fingerprint density at radius 3 is 2.39 bits per heavy atom. The van der Waals surface area contributed by atoms with Crippen LogP contribution < -0.4 is 4.74 Å². The average Bonchev–Trinajstić information content (AvgIpc) is 3.23. The number of pyridine rings is 1. The van der Waals surface area contributed by atoms with Crippen LogP contribution in [0.3, 0.4) is 0 Å². The summed E-state index contributed by atoms with van der Waals surface area (Å²) in [5.41, 5.74) is 6.35. The Kier molecular flexibility index (Phi) is 5.10. The highest BCUT2D eigenvalue weighted by molar-refractivity contribution is 5.85. The van der Waals surface area contributed by atoms with Crippen molar-refractivity contribution in [2.45, 2.75) is 51.0 Å². The normalized spacial score (nSPS) is 19.1. The molecule has 0 unspecified atom stereocenters. The van der Waals surface area contributed by atoms with E-state index in [0.29, 0.717) is 24.3 Å². The molecule has 0 N–H and O–H groups in total. The molecule has 3 heterocycles. The summed E-state index contributed by atoms with van der Waals surface area (Å²) in [6.07, 6.45) is 4.83. The first-order valence-corrected chi connectivity index (χ1v) is 10.7. The topological polar surface area (TPSA) is 65.2 Å². The van der Waals surface area contributed by atoms with Gasteiger partial charge in [-0.3, -0.25) is 4.98 Å². The zero-order valence-corrected chi connectivity index (χ0v) is 18.2. The van der Waals surface area contributed by atoms with E-state index in [4.69, 9.17) is 9.84 Å². The monoisotopic (exact) mass is 433 g/mol. The van der Waals surface area contributed by atoms with Crippen LogP contribution >= 0.6 is 12.4 Å². The van der Waals surface area contributed by atoms with Crippen LogP contribution in [0.1, 0.15) is 60.0 Å². The maximum absolute atomic E-state index is 6.32. The molecule has 2 bridgehead atoms. The van der Waals surface area contributed by atoms with Gasteiger partial charge in [0.05, 0.1) is 5.69 Å². The Hall–Kier alpha value is -2.99. The minimum Gasteiger partial charge on any atom is -0.470 e. The summed E-state index contributed by atoms with van der Waals surface area (Å²) in [5, 5.41) is 14.0. The smallest absolute Gasteiger partial charge is 0.236 e. The summed E-state index contributed by atoms with van der Waals surface area (Å²) in [6.45, 7) is 2.41. The number of fused-ring (bicyclic) bond motifs is 3. The molecular weight excluding hydrogens is 410 g/mol. The van der Waals surface area contributed by atoms with Crippen molar-refractivity contribution < 1.29 is 4.74 Å². The second kappa shape index (κ2) is 7.93. The molecule has 6 nitrogen and oxygen atoms in total. The molecule has 158 valence electrons. The first kappa shape index (κ1) is 19.9. The Bertz CT molecular complexity index is 1230. The van der Waals surface area contributed by atoms with Gasteiger partial charge in [-0.2, -0.15) is 4.52 Å². The zero-order chi connectivity index (χ0) is 20.1. The predicted octanol–water partition coefficient (Wildman–Crippen LogP) is 5.25. The van der Waals surface area contributed by atoms with E-state index >= 15 is 0 Å². The Morgan fingerprint density at radius 2 is 1.65 bits per heavy atom. The molecule has 4 aromatic rings. The van der Waals surface area contributed by atoms with Crippen LogP contribution in [0.25, 0.3) is 17.0 Å². The summed E-state index contributed by atoms with van der Waals surface area (Å²) < 4.78 is 8.20. The van der Waals surface area contributed by atoms with Crippen molar-refractivity contribution in [2.75, 3.05) is 0 Å². The van der Waals surface area contributed by atoms with Crippen LogP contribution in [0, 0.1) is 6.92 Å². The van der Waals surface area contributed by atoms with Gasteiger partial charge >= 0.3 is 0 Å². The molecule has 3 aliphatic rings. The van der Waals surface area contributed by atoms with Crippen molar-refractivity contribution in [1.29, 1.82) is 0 Å². The minimum absolute atomic E-state index is 0. The van der Waals surface area contributed by atoms with E-state index in [1.165, 1.54) is 36.8 Å². The maximum atomic E-state index is 6.32. The standard InChI is InChI=1S/C24H23N5O.ClH/c1-15-6-5-9-19(25-15)14-30-24-21-17-12-10-16(11-13-17)20(21)23-27-26-22(29(23)28-24)18-7-3-2-4-8-18;/h2-9,16-17H,10-14H2,1H3;1H. The van der Waals surface area contributed by atoms with Gasteiger partial charge in [0, 0.05) is 22.4 Å². The maximum Gasteiger partial charge on any atom is 0.236 e. The molecule has 1 saturated carbocycles. The van der Waals surface area contributed by atoms with Crippen LogP contribution in [0.2, 0.25) is 0 Å². The molecule has 0 saturated heterocycles. The summed E-state index contributed by atoms with van der Waals surface area (Å²) in [5.74, 6) is 2.49. The van der Waals surface area contributed by atoms with Gasteiger partial charge in [-0.25, -0.2) is 0 Å². The Morgan fingerprint density at radius 1 is 0.903 bits per heavy atom. The lowest BCUT2D eigenvalue weighted by Gasteiger charge is -2.38. The number of hydrogen-bond donors (Lipinski definition) is 0. The van der Waals surface area contributed by atoms with Crippen molar-refractivity contribution in [3.8, 4) is 17.3 Å². The summed E-state index contributed by atoms with van der Waals surface area (Å²) in [4.78, 5) is 4.58. The Balaban J connectivity index is 0.00000204. The van der Waals surface area contributed by atoms with Crippen LogP contribution in [0.5, 0.6) is 5.88 Å². The fourth-order valence-electron chi connectivity index (χ4n) is 5.09. The molecule has 0 radical (unpaired) electrons. The Labute approximate surface area is 187 Å². The van der Waals surface area contributed by atoms with Crippen LogP contribution in [-0.4, -0.2) is 24.8 Å². The lowest BCUT2D eigenvalue weighted by molar-refractivity contribution is 0.265. The number of ether oxygens (including phenoxy) is 1. The third kappa shape index (κ3) is 3.35. The molecule has 3 aromatic heterocycles. The summed E-state index contributed by atoms with van der Waals surface area (Å²) >= 11 is 0. The van der Waals surface area contributed by atoms with E-state index in [1.54, 1.807) is 0 Å². The number of aromatic nitrogens is 5. The second-order valence-corrected chi connectivity index (χ2v) is 8.37. The van der Waals surface area contributed by atoms with E-state index in [1.807, 2.05) is 60.0 Å². The van der Waals surface area contributed by atoms with Gasteiger partial charge in [-0.15, -0.1) is 27.7 Å². The molecule has 1 aromatic carbocycles. The fourth-order valence-corrected chi connectivity index (χ4v) is 5.09. The van der Waals surface area contributed by atoms with Gasteiger partial charge < -0.3 is 4.74 Å². The predicted molar refractivity (Wildman–Crippen MR) is 121 cm³/mol. The highest BCUT2D eigenvalue weighted by Crippen LogP contribution is 2.53. The number of rotatable bonds is 4. The van der Waals surface area contributed by atoms with Crippen LogP contribution in [0.15, 0.2) is 48.5 Å². The van der Waals surface area contributed by atoms with Crippen molar-refractivity contribution in [3.05, 3.63) is 71.0 Å². The van der Waals surface area contributed by atoms with Crippen molar-refractivity contribution in [2.24, 2.45) is 0 Å². The van der Waals surface area contributed by atoms with Gasteiger partial charge in [-0.05, 0) is 56.6 Å². The van der Waals surface area contributed by atoms with Gasteiger partial charge in [0.2, 0.25) is 5.88 Å². The van der Waals surface area contributed by atoms with E-state index in [9.17, 15) is 0 Å². The molecule has 0 spiro atoms. The van der Waals surface area contributed by atoms with E-state index in [2.05, 4.69) is 15.2 Å². The fraction of sp³-hybridized carbons (Fsp3) is 0.333. The van der Waals surface area contributed by atoms with Gasteiger partial charge in [0.1, 0.15) is 6.61 Å². The number of halogens is 1. The molecule has 0 aliphatic heterocycles. The number of benzene rings is 1. The minimum atomic E-state index is 0. The number of hydrogen-bond acceptors (Lipinski definition) is 5. The SMILES string of the molecule is Cc1cccc(COc2nn3c(-c4ccccc4)nnc3c3c2C2CCC3CC2)n1.Cl. The molecule has 0 atom stereocenters. The first-order valence-electron chi connectivity index (χ1n) is 10.7. The van der Waals surface area contributed by atoms with Crippen molar-refractivity contribution in [1.82, 2.24) is 24.8 Å². The molecule has 3 aliphatic carbocycles. The van der Waals surface area contributed by atoms with Crippen LogP contribution in [-0.2, 0) is 6.61 Å². The molecule has 1 fully saturated rings. The van der Waals surface area contributed by atoms with Gasteiger partial charge in [-0.1, -0.05) is 36.4 Å². The van der Waals surface area contributed by atoms with Crippen molar-refractivity contribution >= 4 is 18.1 Å². The van der Waals surface area contributed by atoms with Crippen LogP contribution in [0.4, 0.5) is 0 Å². The third-order valence-corrected chi connectivity index (χ3v) is 6.47. The molecule has 7 heteroatoms.